The van der Waals surface area contributed by atoms with Gasteiger partial charge in [0.2, 0.25) is 0 Å². The van der Waals surface area contributed by atoms with E-state index in [4.69, 9.17) is 4.74 Å². The van der Waals surface area contributed by atoms with E-state index in [1.807, 2.05) is 18.2 Å². The van der Waals surface area contributed by atoms with Crippen molar-refractivity contribution in [3.8, 4) is 0 Å². The monoisotopic (exact) mass is 481 g/mol. The fraction of sp³-hybridized carbons (Fsp3) is 0.304. The number of hydrogen-bond donors (Lipinski definition) is 1. The normalized spacial score (nSPS) is 15.8. The second-order valence-corrected chi connectivity index (χ2v) is 8.97. The fourth-order valence-corrected chi connectivity index (χ4v) is 4.66. The summed E-state index contributed by atoms with van der Waals surface area (Å²) >= 11 is 1.06. The Morgan fingerprint density at radius 1 is 1.29 bits per heavy atom. The Morgan fingerprint density at radius 3 is 2.82 bits per heavy atom. The van der Waals surface area contributed by atoms with Crippen LogP contribution in [0.2, 0.25) is 0 Å². The molecule has 1 amide bonds. The van der Waals surface area contributed by atoms with Gasteiger partial charge < -0.3 is 14.6 Å². The number of fused-ring (bicyclic) bond motifs is 1. The highest BCUT2D eigenvalue weighted by Gasteiger charge is 2.27. The van der Waals surface area contributed by atoms with E-state index in [1.54, 1.807) is 11.6 Å². The molecule has 4 rings (SSSR count). The number of benzene rings is 2. The zero-order valence-electron chi connectivity index (χ0n) is 18.6. The van der Waals surface area contributed by atoms with Gasteiger partial charge in [-0.3, -0.25) is 14.9 Å². The quantitative estimate of drug-likeness (QED) is 0.308. The zero-order chi connectivity index (χ0) is 24.2. The van der Waals surface area contributed by atoms with Gasteiger partial charge in [-0.05, 0) is 61.2 Å². The van der Waals surface area contributed by atoms with Crippen LogP contribution in [0.1, 0.15) is 47.3 Å². The summed E-state index contributed by atoms with van der Waals surface area (Å²) in [5, 5.41) is 22.7. The van der Waals surface area contributed by atoms with Crippen LogP contribution in [0.4, 0.5) is 5.69 Å². The first-order valence-corrected chi connectivity index (χ1v) is 11.5. The second kappa shape index (κ2) is 10.0. The SMILES string of the molecule is C[C@H](OC(=O)c1ccc(Sc2nncn2C)c([N+](=O)[O-])c1)C(=O)N[C@@H]1CCCc2ccccc21. The first kappa shape index (κ1) is 23.4. The predicted molar refractivity (Wildman–Crippen MR) is 123 cm³/mol. The number of aryl methyl sites for hydroxylation is 2. The third kappa shape index (κ3) is 5.09. The Balaban J connectivity index is 1.43. The molecule has 1 aliphatic carbocycles. The topological polar surface area (TPSA) is 129 Å². The van der Waals surface area contributed by atoms with Crippen LogP contribution in [0, 0.1) is 10.1 Å². The summed E-state index contributed by atoms with van der Waals surface area (Å²) in [4.78, 5) is 36.7. The molecule has 3 aromatic rings. The third-order valence-electron chi connectivity index (χ3n) is 5.60. The molecular weight excluding hydrogens is 458 g/mol. The van der Waals surface area contributed by atoms with E-state index in [2.05, 4.69) is 21.6 Å². The number of aromatic nitrogens is 3. The Hall–Kier alpha value is -3.73. The molecule has 10 nitrogen and oxygen atoms in total. The number of amides is 1. The highest BCUT2D eigenvalue weighted by atomic mass is 32.2. The van der Waals surface area contributed by atoms with Crippen LogP contribution in [-0.4, -0.2) is 37.7 Å². The molecule has 0 saturated carbocycles. The molecule has 0 spiro atoms. The van der Waals surface area contributed by atoms with Gasteiger partial charge in [0, 0.05) is 13.1 Å². The van der Waals surface area contributed by atoms with Crippen molar-refractivity contribution in [2.45, 2.75) is 48.4 Å². The van der Waals surface area contributed by atoms with Crippen LogP contribution < -0.4 is 5.32 Å². The number of ether oxygens (including phenoxy) is 1. The molecule has 1 aromatic heterocycles. The maximum absolute atomic E-state index is 12.7. The van der Waals surface area contributed by atoms with Gasteiger partial charge in [-0.15, -0.1) is 10.2 Å². The van der Waals surface area contributed by atoms with Gasteiger partial charge in [0.1, 0.15) is 6.33 Å². The lowest BCUT2D eigenvalue weighted by Gasteiger charge is -2.27. The Bertz CT molecular complexity index is 1240. The average molecular weight is 482 g/mol. The number of nitrogens with one attached hydrogen (secondary N) is 1. The minimum Gasteiger partial charge on any atom is -0.449 e. The number of hydrogen-bond acceptors (Lipinski definition) is 8. The highest BCUT2D eigenvalue weighted by Crippen LogP contribution is 2.34. The van der Waals surface area contributed by atoms with Crippen molar-refractivity contribution < 1.29 is 19.2 Å². The van der Waals surface area contributed by atoms with E-state index < -0.39 is 22.9 Å². The summed E-state index contributed by atoms with van der Waals surface area (Å²) in [7, 11) is 1.72. The van der Waals surface area contributed by atoms with Crippen LogP contribution in [-0.2, 0) is 23.0 Å². The van der Waals surface area contributed by atoms with Crippen LogP contribution in [0.3, 0.4) is 0 Å². The number of esters is 1. The Kier molecular flexibility index (Phi) is 6.92. The number of nitro groups is 1. The second-order valence-electron chi connectivity index (χ2n) is 7.97. The number of nitrogens with zero attached hydrogens (tertiary/aromatic N) is 4. The summed E-state index contributed by atoms with van der Waals surface area (Å²) in [5.74, 6) is -1.23. The maximum atomic E-state index is 12.7. The molecule has 0 radical (unpaired) electrons. The summed E-state index contributed by atoms with van der Waals surface area (Å²) < 4.78 is 6.95. The lowest BCUT2D eigenvalue weighted by Crippen LogP contribution is -2.39. The molecular formula is C23H23N5O5S. The van der Waals surface area contributed by atoms with Gasteiger partial charge in [0.15, 0.2) is 11.3 Å². The summed E-state index contributed by atoms with van der Waals surface area (Å²) in [6.45, 7) is 1.48. The van der Waals surface area contributed by atoms with Gasteiger partial charge >= 0.3 is 5.97 Å². The first-order valence-electron chi connectivity index (χ1n) is 10.7. The van der Waals surface area contributed by atoms with Crippen LogP contribution in [0.25, 0.3) is 0 Å². The van der Waals surface area contributed by atoms with Crippen molar-refractivity contribution in [2.24, 2.45) is 7.05 Å². The van der Waals surface area contributed by atoms with Gasteiger partial charge in [-0.1, -0.05) is 24.3 Å². The number of rotatable bonds is 7. The van der Waals surface area contributed by atoms with Crippen molar-refractivity contribution in [3.05, 3.63) is 75.6 Å². The molecule has 0 saturated heterocycles. The summed E-state index contributed by atoms with van der Waals surface area (Å²) in [6, 6.07) is 11.8. The van der Waals surface area contributed by atoms with Gasteiger partial charge in [-0.2, -0.15) is 0 Å². The largest absolute Gasteiger partial charge is 0.449 e. The van der Waals surface area contributed by atoms with E-state index in [-0.39, 0.29) is 17.3 Å². The molecule has 1 heterocycles. The van der Waals surface area contributed by atoms with Crippen molar-refractivity contribution >= 4 is 29.3 Å². The summed E-state index contributed by atoms with van der Waals surface area (Å²) in [6.07, 6.45) is 3.15. The number of nitro benzene ring substituents is 1. The molecule has 1 aliphatic rings. The zero-order valence-corrected chi connectivity index (χ0v) is 19.4. The minimum absolute atomic E-state index is 0.0170. The third-order valence-corrected chi connectivity index (χ3v) is 6.72. The predicted octanol–water partition coefficient (Wildman–Crippen LogP) is 3.61. The smallest absolute Gasteiger partial charge is 0.339 e. The van der Waals surface area contributed by atoms with Crippen LogP contribution >= 0.6 is 11.8 Å². The van der Waals surface area contributed by atoms with Gasteiger partial charge in [0.05, 0.1) is 21.4 Å². The molecule has 2 aromatic carbocycles. The van der Waals surface area contributed by atoms with Crippen molar-refractivity contribution in [1.82, 2.24) is 20.1 Å². The molecule has 0 fully saturated rings. The van der Waals surface area contributed by atoms with E-state index in [1.165, 1.54) is 30.9 Å². The lowest BCUT2D eigenvalue weighted by molar-refractivity contribution is -0.387. The number of carbonyl (C=O) groups excluding carboxylic acids is 2. The average Bonchev–Trinajstić information content (AvgIpc) is 3.23. The highest BCUT2D eigenvalue weighted by molar-refractivity contribution is 7.99. The summed E-state index contributed by atoms with van der Waals surface area (Å²) in [5.41, 5.74) is 2.00. The molecule has 0 bridgehead atoms. The van der Waals surface area contributed by atoms with Gasteiger partial charge in [0.25, 0.3) is 11.6 Å². The standard InChI is InChI=1S/C23H23N5O5S/c1-14(21(29)25-18-9-5-7-15-6-3-4-8-17(15)18)33-22(30)16-10-11-20(19(12-16)28(31)32)34-23-26-24-13-27(23)2/h3-4,6,8,10-14,18H,5,7,9H2,1-2H3,(H,25,29)/t14-,18+/m0/s1. The molecule has 1 N–H and O–H groups in total. The lowest BCUT2D eigenvalue weighted by atomic mass is 9.87. The van der Waals surface area contributed by atoms with E-state index in [9.17, 15) is 19.7 Å². The molecule has 176 valence electrons. The van der Waals surface area contributed by atoms with Crippen molar-refractivity contribution in [1.29, 1.82) is 0 Å². The van der Waals surface area contributed by atoms with E-state index >= 15 is 0 Å². The molecule has 11 heteroatoms. The molecule has 0 aliphatic heterocycles. The number of carbonyl (C=O) groups is 2. The van der Waals surface area contributed by atoms with Crippen molar-refractivity contribution in [2.75, 3.05) is 0 Å². The fourth-order valence-electron chi connectivity index (χ4n) is 3.81. The minimum atomic E-state index is -1.06. The molecule has 0 unspecified atom stereocenters. The Labute approximate surface area is 199 Å². The first-order chi connectivity index (χ1) is 16.3. The van der Waals surface area contributed by atoms with Gasteiger partial charge in [-0.25, -0.2) is 4.79 Å². The molecule has 34 heavy (non-hydrogen) atoms. The maximum Gasteiger partial charge on any atom is 0.339 e. The van der Waals surface area contributed by atoms with Crippen LogP contribution in [0.5, 0.6) is 0 Å². The van der Waals surface area contributed by atoms with Crippen LogP contribution in [0.15, 0.2) is 58.8 Å². The molecule has 2 atom stereocenters. The van der Waals surface area contributed by atoms with E-state index in [0.29, 0.717) is 10.1 Å². The van der Waals surface area contributed by atoms with E-state index in [0.717, 1.165) is 42.7 Å². The Morgan fingerprint density at radius 2 is 2.09 bits per heavy atom. The van der Waals surface area contributed by atoms with Crippen molar-refractivity contribution in [3.63, 3.8) is 0 Å².